The molecule has 0 fully saturated rings. The van der Waals surface area contributed by atoms with Crippen LogP contribution in [0.15, 0.2) is 108 Å². The Hall–Kier alpha value is -4.98. The second-order valence-electron chi connectivity index (χ2n) is 8.11. The van der Waals surface area contributed by atoms with E-state index in [4.69, 9.17) is 10.4 Å². The molecular formula is C28H24N4O4+2. The van der Waals surface area contributed by atoms with Gasteiger partial charge < -0.3 is 10.4 Å². The number of oxime groups is 2. The molecule has 36 heavy (non-hydrogen) atoms. The average Bonchev–Trinajstić information content (AvgIpc) is 2.90. The van der Waals surface area contributed by atoms with E-state index in [0.29, 0.717) is 22.3 Å². The van der Waals surface area contributed by atoms with Gasteiger partial charge in [-0.3, -0.25) is 9.59 Å². The van der Waals surface area contributed by atoms with Gasteiger partial charge in [-0.15, -0.1) is 0 Å². The van der Waals surface area contributed by atoms with Crippen molar-refractivity contribution in [2.45, 2.75) is 13.1 Å². The molecule has 4 aromatic rings. The summed E-state index contributed by atoms with van der Waals surface area (Å²) in [6, 6.07) is 21.8. The van der Waals surface area contributed by atoms with Crippen molar-refractivity contribution in [2.24, 2.45) is 10.3 Å². The highest BCUT2D eigenvalue weighted by Crippen LogP contribution is 2.21. The first kappa shape index (κ1) is 24.2. The smallest absolute Gasteiger partial charge is 0.227 e. The topological polar surface area (TPSA) is 107 Å². The zero-order valence-corrected chi connectivity index (χ0v) is 19.3. The molecule has 178 valence electrons. The SMILES string of the molecule is O=C(C[n+]1cccc(/C=N\O)c1)c1ccc(-c2ccc(C(=O)C[n+]3cccc(/C=N\O)c3)cc2)cc1. The third kappa shape index (κ3) is 6.12. The largest absolute Gasteiger partial charge is 0.411 e. The lowest BCUT2D eigenvalue weighted by Gasteiger charge is -2.05. The van der Waals surface area contributed by atoms with Gasteiger partial charge >= 0.3 is 0 Å². The molecule has 0 aliphatic rings. The van der Waals surface area contributed by atoms with E-state index in [0.717, 1.165) is 11.1 Å². The van der Waals surface area contributed by atoms with E-state index >= 15 is 0 Å². The van der Waals surface area contributed by atoms with Crippen molar-refractivity contribution >= 4 is 24.0 Å². The molecular weight excluding hydrogens is 456 g/mol. The molecule has 0 bridgehead atoms. The summed E-state index contributed by atoms with van der Waals surface area (Å²) >= 11 is 0. The van der Waals surface area contributed by atoms with Gasteiger partial charge in [0.1, 0.15) is 0 Å². The van der Waals surface area contributed by atoms with Crippen LogP contribution in [0.25, 0.3) is 11.1 Å². The van der Waals surface area contributed by atoms with Gasteiger partial charge in [-0.2, -0.15) is 9.13 Å². The fourth-order valence-electron chi connectivity index (χ4n) is 3.78. The van der Waals surface area contributed by atoms with Crippen molar-refractivity contribution in [1.82, 2.24) is 0 Å². The highest BCUT2D eigenvalue weighted by molar-refractivity contribution is 5.96. The maximum absolute atomic E-state index is 12.7. The number of carbonyl (C=O) groups is 2. The Balaban J connectivity index is 1.41. The van der Waals surface area contributed by atoms with Gasteiger partial charge in [0.05, 0.1) is 23.6 Å². The molecule has 4 rings (SSSR count). The average molecular weight is 481 g/mol. The predicted octanol–water partition coefficient (Wildman–Crippen LogP) is 3.31. The second kappa shape index (κ2) is 11.4. The number of pyridine rings is 2. The van der Waals surface area contributed by atoms with Crippen LogP contribution < -0.4 is 9.13 Å². The minimum Gasteiger partial charge on any atom is -0.411 e. The molecule has 0 spiro atoms. The van der Waals surface area contributed by atoms with Crippen molar-refractivity contribution in [3.63, 3.8) is 0 Å². The molecule has 2 heterocycles. The van der Waals surface area contributed by atoms with Gasteiger partial charge in [-0.25, -0.2) is 0 Å². The predicted molar refractivity (Wildman–Crippen MR) is 133 cm³/mol. The van der Waals surface area contributed by atoms with E-state index in [1.165, 1.54) is 12.4 Å². The standard InChI is InChI=1S/C28H22N4O4/c33-27(19-31-13-1-3-21(17-31)15-29-35)25-9-5-23(6-10-25)24-7-11-26(12-8-24)28(34)20-32-14-2-4-22(18-32)16-30-36/h1-18H,19-20H2/p+2/b29-15-,30-16-. The van der Waals surface area contributed by atoms with Crippen LogP contribution in [0.2, 0.25) is 0 Å². The monoisotopic (exact) mass is 480 g/mol. The number of aromatic nitrogens is 2. The number of ketones is 2. The number of hydrogen-bond donors (Lipinski definition) is 2. The summed E-state index contributed by atoms with van der Waals surface area (Å²) in [6.45, 7) is 0.327. The van der Waals surface area contributed by atoms with Crippen LogP contribution in [-0.2, 0) is 13.1 Å². The molecule has 0 amide bonds. The zero-order valence-electron chi connectivity index (χ0n) is 19.3. The summed E-state index contributed by atoms with van der Waals surface area (Å²) in [6.07, 6.45) is 9.63. The second-order valence-corrected chi connectivity index (χ2v) is 8.11. The highest BCUT2D eigenvalue weighted by atomic mass is 16.4. The van der Waals surface area contributed by atoms with E-state index in [1.807, 2.05) is 24.3 Å². The van der Waals surface area contributed by atoms with Gasteiger partial charge in [-0.05, 0) is 23.3 Å². The third-order valence-corrected chi connectivity index (χ3v) is 5.58. The third-order valence-electron chi connectivity index (χ3n) is 5.58. The Morgan fingerprint density at radius 2 is 1.03 bits per heavy atom. The summed E-state index contributed by atoms with van der Waals surface area (Å²) in [5.41, 5.74) is 4.42. The molecule has 2 aromatic carbocycles. The van der Waals surface area contributed by atoms with Gasteiger partial charge in [-0.1, -0.05) is 58.8 Å². The van der Waals surface area contributed by atoms with Crippen LogP contribution in [0.1, 0.15) is 31.8 Å². The lowest BCUT2D eigenvalue weighted by Crippen LogP contribution is -2.37. The van der Waals surface area contributed by atoms with Crippen LogP contribution in [0.3, 0.4) is 0 Å². The normalized spacial score (nSPS) is 11.2. The van der Waals surface area contributed by atoms with Crippen molar-refractivity contribution in [1.29, 1.82) is 0 Å². The molecule has 8 heteroatoms. The Kier molecular flexibility index (Phi) is 7.67. The number of carbonyl (C=O) groups excluding carboxylic acids is 2. The minimum atomic E-state index is -0.0441. The molecule has 0 aliphatic heterocycles. The summed E-state index contributed by atoms with van der Waals surface area (Å²) in [4.78, 5) is 25.4. The molecule has 2 aromatic heterocycles. The maximum atomic E-state index is 12.7. The first-order valence-electron chi connectivity index (χ1n) is 11.2. The van der Waals surface area contributed by atoms with Crippen molar-refractivity contribution in [2.75, 3.05) is 0 Å². The highest BCUT2D eigenvalue weighted by Gasteiger charge is 2.14. The van der Waals surface area contributed by atoms with Crippen LogP contribution >= 0.6 is 0 Å². The lowest BCUT2D eigenvalue weighted by atomic mass is 10.00. The molecule has 0 atom stereocenters. The van der Waals surface area contributed by atoms with Crippen LogP contribution in [0.5, 0.6) is 0 Å². The zero-order chi connectivity index (χ0) is 25.3. The first-order chi connectivity index (χ1) is 17.6. The number of benzene rings is 2. The number of rotatable bonds is 9. The Labute approximate surface area is 207 Å². The summed E-state index contributed by atoms with van der Waals surface area (Å²) in [5.74, 6) is -0.0881. The summed E-state index contributed by atoms with van der Waals surface area (Å²) < 4.78 is 3.47. The van der Waals surface area contributed by atoms with Crippen molar-refractivity contribution in [3.8, 4) is 11.1 Å². The first-order valence-corrected chi connectivity index (χ1v) is 11.2. The van der Waals surface area contributed by atoms with E-state index in [1.54, 1.807) is 82.5 Å². The van der Waals surface area contributed by atoms with E-state index in [2.05, 4.69) is 10.3 Å². The molecule has 2 N–H and O–H groups in total. The summed E-state index contributed by atoms with van der Waals surface area (Å²) in [5, 5.41) is 23.4. The Morgan fingerprint density at radius 3 is 1.39 bits per heavy atom. The Morgan fingerprint density at radius 1 is 0.639 bits per heavy atom. The molecule has 0 aliphatic carbocycles. The van der Waals surface area contributed by atoms with Crippen LogP contribution in [0, 0.1) is 0 Å². The molecule has 0 saturated heterocycles. The van der Waals surface area contributed by atoms with E-state index < -0.39 is 0 Å². The fourth-order valence-corrected chi connectivity index (χ4v) is 3.78. The van der Waals surface area contributed by atoms with E-state index in [-0.39, 0.29) is 24.7 Å². The minimum absolute atomic E-state index is 0.0441. The van der Waals surface area contributed by atoms with Crippen LogP contribution in [-0.4, -0.2) is 34.4 Å². The van der Waals surface area contributed by atoms with E-state index in [9.17, 15) is 9.59 Å². The van der Waals surface area contributed by atoms with Gasteiger partial charge in [0.25, 0.3) is 0 Å². The lowest BCUT2D eigenvalue weighted by molar-refractivity contribution is -0.683. The Bertz CT molecular complexity index is 1320. The molecule has 0 unspecified atom stereocenters. The summed E-state index contributed by atoms with van der Waals surface area (Å²) in [7, 11) is 0. The van der Waals surface area contributed by atoms with Crippen LogP contribution in [0.4, 0.5) is 0 Å². The number of nitrogens with zero attached hydrogens (tertiary/aromatic N) is 4. The molecule has 0 radical (unpaired) electrons. The fraction of sp³-hybridized carbons (Fsp3) is 0.0714. The maximum Gasteiger partial charge on any atom is 0.227 e. The molecule has 8 nitrogen and oxygen atoms in total. The number of Topliss-reactive ketones (excluding diaryl/α,β-unsaturated/α-hetero) is 2. The number of hydrogen-bond acceptors (Lipinski definition) is 6. The van der Waals surface area contributed by atoms with Crippen molar-refractivity contribution < 1.29 is 29.1 Å². The molecule has 0 saturated carbocycles. The van der Waals surface area contributed by atoms with Gasteiger partial charge in [0.2, 0.25) is 24.7 Å². The van der Waals surface area contributed by atoms with Crippen molar-refractivity contribution in [3.05, 3.63) is 120 Å². The quantitative estimate of drug-likeness (QED) is 0.126. The van der Waals surface area contributed by atoms with Gasteiger partial charge in [0.15, 0.2) is 24.8 Å². The van der Waals surface area contributed by atoms with Gasteiger partial charge in [0, 0.05) is 23.3 Å².